The lowest BCUT2D eigenvalue weighted by molar-refractivity contribution is -0.114. The number of rotatable bonds is 1. The highest BCUT2D eigenvalue weighted by atomic mass is 16.3. The molecule has 5 nitrogen and oxygen atoms in total. The number of aliphatic hydroxyl groups is 1. The predicted octanol–water partition coefficient (Wildman–Crippen LogP) is 1.97. The van der Waals surface area contributed by atoms with E-state index in [9.17, 15) is 19.5 Å². The standard InChI is InChI=1S/C15H8O5/c16-9-6-11(8-4-2-1-3-5-8)20-12-7-10(17)14(18)15(19)13(9)12/h1-7,17H. The summed E-state index contributed by atoms with van der Waals surface area (Å²) in [6.07, 6.45) is 0.993. The third-order valence-corrected chi connectivity index (χ3v) is 2.97. The molecule has 0 atom stereocenters. The van der Waals surface area contributed by atoms with Gasteiger partial charge in [0.25, 0.3) is 5.78 Å². The molecule has 0 radical (unpaired) electrons. The van der Waals surface area contributed by atoms with E-state index in [0.29, 0.717) is 5.56 Å². The Bertz CT molecular complexity index is 812. The minimum atomic E-state index is -1.10. The second kappa shape index (κ2) is 4.31. The predicted molar refractivity (Wildman–Crippen MR) is 70.4 cm³/mol. The van der Waals surface area contributed by atoms with E-state index in [1.165, 1.54) is 0 Å². The highest BCUT2D eigenvalue weighted by molar-refractivity contribution is 6.50. The van der Waals surface area contributed by atoms with Gasteiger partial charge < -0.3 is 9.52 Å². The number of carbonyl (C=O) groups is 2. The van der Waals surface area contributed by atoms with Crippen molar-refractivity contribution in [2.24, 2.45) is 0 Å². The van der Waals surface area contributed by atoms with Crippen LogP contribution in [0.2, 0.25) is 0 Å². The van der Waals surface area contributed by atoms with Gasteiger partial charge in [-0.3, -0.25) is 14.4 Å². The zero-order valence-electron chi connectivity index (χ0n) is 10.1. The summed E-state index contributed by atoms with van der Waals surface area (Å²) >= 11 is 0. The van der Waals surface area contributed by atoms with Crippen LogP contribution in [0, 0.1) is 0 Å². The van der Waals surface area contributed by atoms with E-state index in [1.807, 2.05) is 6.07 Å². The molecular weight excluding hydrogens is 260 g/mol. The van der Waals surface area contributed by atoms with E-state index in [0.717, 1.165) is 12.1 Å². The Kier molecular flexibility index (Phi) is 2.61. The highest BCUT2D eigenvalue weighted by Gasteiger charge is 2.31. The maximum absolute atomic E-state index is 12.0. The lowest BCUT2D eigenvalue weighted by Crippen LogP contribution is -2.27. The van der Waals surface area contributed by atoms with Crippen LogP contribution in [0.4, 0.5) is 0 Å². The number of allylic oxidation sites excluding steroid dienone is 1. The minimum Gasteiger partial charge on any atom is -0.504 e. The van der Waals surface area contributed by atoms with Gasteiger partial charge in [0.15, 0.2) is 11.2 Å². The van der Waals surface area contributed by atoms with Crippen molar-refractivity contribution < 1.29 is 19.1 Å². The molecule has 0 unspecified atom stereocenters. The third-order valence-electron chi connectivity index (χ3n) is 2.97. The van der Waals surface area contributed by atoms with Crippen molar-refractivity contribution >= 4 is 17.6 Å². The first-order valence-corrected chi connectivity index (χ1v) is 5.81. The van der Waals surface area contributed by atoms with E-state index >= 15 is 0 Å². The molecule has 0 spiro atoms. The Morgan fingerprint density at radius 1 is 0.950 bits per heavy atom. The van der Waals surface area contributed by atoms with E-state index < -0.39 is 22.8 Å². The molecule has 0 fully saturated rings. The van der Waals surface area contributed by atoms with Crippen LogP contribution in [-0.4, -0.2) is 16.7 Å². The van der Waals surface area contributed by atoms with Crippen molar-refractivity contribution in [2.45, 2.75) is 0 Å². The van der Waals surface area contributed by atoms with Gasteiger partial charge in [0.1, 0.15) is 17.1 Å². The number of Topliss-reactive ketones (excluding diaryl/α,β-unsaturated/α-hetero) is 2. The summed E-state index contributed by atoms with van der Waals surface area (Å²) in [6, 6.07) is 10.0. The molecule has 0 saturated carbocycles. The number of hydrogen-bond donors (Lipinski definition) is 1. The molecule has 1 aromatic carbocycles. The Labute approximate surface area is 112 Å². The summed E-state index contributed by atoms with van der Waals surface area (Å²) in [5.41, 5.74) is -0.288. The fourth-order valence-corrected chi connectivity index (χ4v) is 2.00. The van der Waals surface area contributed by atoms with Gasteiger partial charge in [-0.25, -0.2) is 0 Å². The molecule has 0 amide bonds. The van der Waals surface area contributed by atoms with Crippen molar-refractivity contribution in [1.29, 1.82) is 0 Å². The molecule has 3 rings (SSSR count). The molecule has 1 aromatic heterocycles. The van der Waals surface area contributed by atoms with Crippen LogP contribution in [0.5, 0.6) is 0 Å². The number of benzene rings is 1. The summed E-state index contributed by atoms with van der Waals surface area (Å²) in [6.45, 7) is 0. The first-order chi connectivity index (χ1) is 9.58. The van der Waals surface area contributed by atoms with Crippen LogP contribution in [0.15, 0.2) is 51.4 Å². The number of carbonyl (C=O) groups excluding carboxylic acids is 2. The summed E-state index contributed by atoms with van der Waals surface area (Å²) in [7, 11) is 0. The van der Waals surface area contributed by atoms with Crippen LogP contribution >= 0.6 is 0 Å². The van der Waals surface area contributed by atoms with Gasteiger partial charge in [0, 0.05) is 17.7 Å². The second-order valence-corrected chi connectivity index (χ2v) is 4.27. The molecule has 20 heavy (non-hydrogen) atoms. The van der Waals surface area contributed by atoms with Crippen LogP contribution < -0.4 is 5.43 Å². The van der Waals surface area contributed by atoms with Crippen LogP contribution in [0.3, 0.4) is 0 Å². The number of fused-ring (bicyclic) bond motifs is 1. The van der Waals surface area contributed by atoms with Crippen molar-refractivity contribution in [2.75, 3.05) is 0 Å². The van der Waals surface area contributed by atoms with Gasteiger partial charge in [0.05, 0.1) is 0 Å². The highest BCUT2D eigenvalue weighted by Crippen LogP contribution is 2.24. The zero-order valence-corrected chi connectivity index (χ0v) is 10.1. The van der Waals surface area contributed by atoms with Gasteiger partial charge in [-0.05, 0) is 0 Å². The largest absolute Gasteiger partial charge is 0.504 e. The van der Waals surface area contributed by atoms with Gasteiger partial charge in [-0.2, -0.15) is 0 Å². The summed E-state index contributed by atoms with van der Waals surface area (Å²) < 4.78 is 5.45. The average molecular weight is 268 g/mol. The van der Waals surface area contributed by atoms with Crippen LogP contribution in [-0.2, 0) is 4.79 Å². The third kappa shape index (κ3) is 1.76. The lowest BCUT2D eigenvalue weighted by atomic mass is 9.98. The molecule has 1 heterocycles. The lowest BCUT2D eigenvalue weighted by Gasteiger charge is -2.10. The number of ketones is 2. The van der Waals surface area contributed by atoms with Gasteiger partial charge >= 0.3 is 0 Å². The molecule has 5 heteroatoms. The minimum absolute atomic E-state index is 0.0987. The molecular formula is C15H8O5. The molecule has 1 aliphatic carbocycles. The Hall–Kier alpha value is -2.95. The van der Waals surface area contributed by atoms with Gasteiger partial charge in [-0.15, -0.1) is 0 Å². The van der Waals surface area contributed by atoms with Crippen molar-refractivity contribution in [1.82, 2.24) is 0 Å². The number of aliphatic hydroxyl groups excluding tert-OH is 1. The molecule has 0 bridgehead atoms. The second-order valence-electron chi connectivity index (χ2n) is 4.27. The quantitative estimate of drug-likeness (QED) is 0.799. The average Bonchev–Trinajstić information content (AvgIpc) is 2.45. The first-order valence-electron chi connectivity index (χ1n) is 5.81. The fraction of sp³-hybridized carbons (Fsp3) is 0. The summed E-state index contributed by atoms with van der Waals surface area (Å²) in [5, 5.41) is 9.38. The van der Waals surface area contributed by atoms with E-state index in [1.54, 1.807) is 24.3 Å². The van der Waals surface area contributed by atoms with Crippen molar-refractivity contribution in [3.63, 3.8) is 0 Å². The Balaban J connectivity index is 2.26. The van der Waals surface area contributed by atoms with E-state index in [2.05, 4.69) is 0 Å². The van der Waals surface area contributed by atoms with Crippen LogP contribution in [0.1, 0.15) is 16.1 Å². The fourth-order valence-electron chi connectivity index (χ4n) is 2.00. The molecule has 0 aliphatic heterocycles. The smallest absolute Gasteiger partial charge is 0.268 e. The number of hydrogen-bond acceptors (Lipinski definition) is 5. The van der Waals surface area contributed by atoms with Crippen molar-refractivity contribution in [3.8, 4) is 11.3 Å². The monoisotopic (exact) mass is 268 g/mol. The Morgan fingerprint density at radius 2 is 1.65 bits per heavy atom. The topological polar surface area (TPSA) is 84.6 Å². The molecule has 1 N–H and O–H groups in total. The van der Waals surface area contributed by atoms with E-state index in [4.69, 9.17) is 4.42 Å². The SMILES string of the molecule is O=C1C(=O)c2c(oc(-c3ccccc3)cc2=O)C=C1O. The molecule has 98 valence electrons. The summed E-state index contributed by atoms with van der Waals surface area (Å²) in [5.74, 6) is -2.71. The maximum atomic E-state index is 12.0. The van der Waals surface area contributed by atoms with E-state index in [-0.39, 0.29) is 17.1 Å². The van der Waals surface area contributed by atoms with Gasteiger partial charge in [0.2, 0.25) is 5.78 Å². The normalized spacial score (nSPS) is 13.9. The maximum Gasteiger partial charge on any atom is 0.268 e. The van der Waals surface area contributed by atoms with Crippen molar-refractivity contribution in [3.05, 3.63) is 63.7 Å². The zero-order chi connectivity index (χ0) is 14.3. The molecule has 1 aliphatic rings. The Morgan fingerprint density at radius 3 is 2.35 bits per heavy atom. The van der Waals surface area contributed by atoms with Crippen LogP contribution in [0.25, 0.3) is 17.4 Å². The summed E-state index contributed by atoms with van der Waals surface area (Å²) in [4.78, 5) is 35.0. The first kappa shape index (κ1) is 12.1. The molecule has 2 aromatic rings. The van der Waals surface area contributed by atoms with Gasteiger partial charge in [-0.1, -0.05) is 30.3 Å². The molecule has 0 saturated heterocycles.